The highest BCUT2D eigenvalue weighted by atomic mass is 35.5. The molecule has 0 unspecified atom stereocenters. The maximum absolute atomic E-state index is 6.49. The van der Waals surface area contributed by atoms with Crippen molar-refractivity contribution in [2.24, 2.45) is 5.92 Å². The number of halogens is 1. The largest absolute Gasteiger partial charge is 0.370 e. The predicted molar refractivity (Wildman–Crippen MR) is 118 cm³/mol. The van der Waals surface area contributed by atoms with Crippen LogP contribution >= 0.6 is 11.6 Å². The molecule has 2 aromatic heterocycles. The SMILES string of the molecule is Clc1cnc(NC2CCCCC2)cc1-c1ccnc(NCC2CCCCC2)c1. The van der Waals surface area contributed by atoms with E-state index < -0.39 is 0 Å². The van der Waals surface area contributed by atoms with Gasteiger partial charge in [-0.05, 0) is 55.4 Å². The predicted octanol–water partition coefficient (Wildman–Crippen LogP) is 6.53. The van der Waals surface area contributed by atoms with Gasteiger partial charge in [-0.1, -0.05) is 50.1 Å². The van der Waals surface area contributed by atoms with Crippen molar-refractivity contribution in [3.63, 3.8) is 0 Å². The van der Waals surface area contributed by atoms with E-state index in [1.54, 1.807) is 6.20 Å². The van der Waals surface area contributed by atoms with E-state index in [9.17, 15) is 0 Å². The number of aromatic nitrogens is 2. The zero-order valence-corrected chi connectivity index (χ0v) is 17.3. The Morgan fingerprint density at radius 3 is 2.43 bits per heavy atom. The molecule has 0 amide bonds. The van der Waals surface area contributed by atoms with Crippen LogP contribution in [-0.4, -0.2) is 22.6 Å². The van der Waals surface area contributed by atoms with Crippen LogP contribution < -0.4 is 10.6 Å². The van der Waals surface area contributed by atoms with Crippen LogP contribution in [0.2, 0.25) is 5.02 Å². The maximum atomic E-state index is 6.49. The molecule has 2 N–H and O–H groups in total. The van der Waals surface area contributed by atoms with Gasteiger partial charge in [-0.25, -0.2) is 9.97 Å². The van der Waals surface area contributed by atoms with Gasteiger partial charge in [0.2, 0.25) is 0 Å². The standard InChI is InChI=1S/C23H31ClN4/c24-21-16-27-23(28-19-9-5-2-6-10-19)14-20(21)18-11-12-25-22(13-18)26-15-17-7-3-1-4-8-17/h11-14,16-17,19H,1-10,15H2,(H,25,26)(H,27,28). The molecule has 0 saturated heterocycles. The molecule has 28 heavy (non-hydrogen) atoms. The molecule has 2 heterocycles. The van der Waals surface area contributed by atoms with Crippen molar-refractivity contribution in [1.29, 1.82) is 0 Å². The molecule has 0 bridgehead atoms. The van der Waals surface area contributed by atoms with Crippen LogP contribution in [0.5, 0.6) is 0 Å². The smallest absolute Gasteiger partial charge is 0.126 e. The molecule has 5 heteroatoms. The lowest BCUT2D eigenvalue weighted by atomic mass is 9.89. The first-order valence-electron chi connectivity index (χ1n) is 10.9. The van der Waals surface area contributed by atoms with Crippen molar-refractivity contribution in [3.05, 3.63) is 35.6 Å². The Bertz CT molecular complexity index is 767. The molecule has 2 saturated carbocycles. The average molecular weight is 399 g/mol. The lowest BCUT2D eigenvalue weighted by Gasteiger charge is -2.23. The minimum Gasteiger partial charge on any atom is -0.370 e. The third-order valence-electron chi connectivity index (χ3n) is 6.18. The molecular formula is C23H31ClN4. The molecular weight excluding hydrogens is 368 g/mol. The van der Waals surface area contributed by atoms with Crippen LogP contribution in [0.25, 0.3) is 11.1 Å². The Morgan fingerprint density at radius 1 is 0.893 bits per heavy atom. The van der Waals surface area contributed by atoms with Gasteiger partial charge in [-0.2, -0.15) is 0 Å². The van der Waals surface area contributed by atoms with Crippen molar-refractivity contribution in [2.75, 3.05) is 17.2 Å². The fraction of sp³-hybridized carbons (Fsp3) is 0.565. The molecule has 2 aliphatic rings. The monoisotopic (exact) mass is 398 g/mol. The molecule has 4 rings (SSSR count). The molecule has 2 fully saturated rings. The number of anilines is 2. The van der Waals surface area contributed by atoms with Gasteiger partial charge >= 0.3 is 0 Å². The normalized spacial score (nSPS) is 18.8. The molecule has 0 radical (unpaired) electrons. The van der Waals surface area contributed by atoms with E-state index in [0.29, 0.717) is 11.1 Å². The van der Waals surface area contributed by atoms with Gasteiger partial charge in [0, 0.05) is 30.5 Å². The van der Waals surface area contributed by atoms with Crippen LogP contribution in [-0.2, 0) is 0 Å². The quantitative estimate of drug-likeness (QED) is 0.580. The van der Waals surface area contributed by atoms with Gasteiger partial charge in [-0.15, -0.1) is 0 Å². The summed E-state index contributed by atoms with van der Waals surface area (Å²) in [4.78, 5) is 9.01. The van der Waals surface area contributed by atoms with Gasteiger partial charge in [0.1, 0.15) is 11.6 Å². The van der Waals surface area contributed by atoms with E-state index in [1.165, 1.54) is 64.2 Å². The fourth-order valence-corrected chi connectivity index (χ4v) is 4.74. The fourth-order valence-electron chi connectivity index (χ4n) is 4.53. The van der Waals surface area contributed by atoms with Gasteiger partial charge < -0.3 is 10.6 Å². The third-order valence-corrected chi connectivity index (χ3v) is 6.48. The molecule has 0 aliphatic heterocycles. The van der Waals surface area contributed by atoms with Crippen LogP contribution in [0.1, 0.15) is 64.2 Å². The Morgan fingerprint density at radius 2 is 1.64 bits per heavy atom. The zero-order chi connectivity index (χ0) is 19.2. The van der Waals surface area contributed by atoms with E-state index in [4.69, 9.17) is 11.6 Å². The summed E-state index contributed by atoms with van der Waals surface area (Å²) in [5.41, 5.74) is 2.10. The first-order chi connectivity index (χ1) is 13.8. The van der Waals surface area contributed by atoms with Crippen LogP contribution in [0, 0.1) is 5.92 Å². The first kappa shape index (κ1) is 19.5. The molecule has 2 aromatic rings. The second kappa shape index (κ2) is 9.60. The third kappa shape index (κ3) is 5.16. The summed E-state index contributed by atoms with van der Waals surface area (Å²) >= 11 is 6.49. The molecule has 0 atom stereocenters. The number of nitrogens with one attached hydrogen (secondary N) is 2. The van der Waals surface area contributed by atoms with E-state index in [-0.39, 0.29) is 0 Å². The summed E-state index contributed by atoms with van der Waals surface area (Å²) in [6, 6.07) is 6.74. The van der Waals surface area contributed by atoms with Crippen LogP contribution in [0.3, 0.4) is 0 Å². The lowest BCUT2D eigenvalue weighted by Crippen LogP contribution is -2.22. The molecule has 0 spiro atoms. The summed E-state index contributed by atoms with van der Waals surface area (Å²) in [7, 11) is 0. The summed E-state index contributed by atoms with van der Waals surface area (Å²) in [5, 5.41) is 7.82. The summed E-state index contributed by atoms with van der Waals surface area (Å²) in [5.74, 6) is 2.62. The van der Waals surface area contributed by atoms with E-state index >= 15 is 0 Å². The van der Waals surface area contributed by atoms with E-state index in [2.05, 4.69) is 32.7 Å². The molecule has 2 aliphatic carbocycles. The number of hydrogen-bond donors (Lipinski definition) is 2. The van der Waals surface area contributed by atoms with Gasteiger partial charge in [-0.3, -0.25) is 0 Å². The van der Waals surface area contributed by atoms with Crippen LogP contribution in [0.4, 0.5) is 11.6 Å². The summed E-state index contributed by atoms with van der Waals surface area (Å²) < 4.78 is 0. The van der Waals surface area contributed by atoms with E-state index in [1.807, 2.05) is 12.3 Å². The van der Waals surface area contributed by atoms with Crippen molar-refractivity contribution in [1.82, 2.24) is 9.97 Å². The van der Waals surface area contributed by atoms with Crippen molar-refractivity contribution in [2.45, 2.75) is 70.3 Å². The second-order valence-corrected chi connectivity index (χ2v) is 8.75. The second-order valence-electron chi connectivity index (χ2n) is 8.34. The number of rotatable bonds is 6. The van der Waals surface area contributed by atoms with E-state index in [0.717, 1.165) is 35.2 Å². The van der Waals surface area contributed by atoms with Crippen molar-refractivity contribution in [3.8, 4) is 11.1 Å². The number of pyridine rings is 2. The Labute approximate surface area is 173 Å². The Balaban J connectivity index is 1.45. The van der Waals surface area contributed by atoms with Gasteiger partial charge in [0.05, 0.1) is 5.02 Å². The first-order valence-corrected chi connectivity index (χ1v) is 11.3. The van der Waals surface area contributed by atoms with Crippen molar-refractivity contribution < 1.29 is 0 Å². The Kier molecular flexibility index (Phi) is 6.69. The molecule has 4 nitrogen and oxygen atoms in total. The Hall–Kier alpha value is -1.81. The van der Waals surface area contributed by atoms with Gasteiger partial charge in [0.25, 0.3) is 0 Å². The van der Waals surface area contributed by atoms with Gasteiger partial charge in [0.15, 0.2) is 0 Å². The highest BCUT2D eigenvalue weighted by Gasteiger charge is 2.16. The average Bonchev–Trinajstić information content (AvgIpc) is 2.75. The highest BCUT2D eigenvalue weighted by Crippen LogP contribution is 2.31. The topological polar surface area (TPSA) is 49.8 Å². The number of nitrogens with zero attached hydrogens (tertiary/aromatic N) is 2. The number of hydrogen-bond acceptors (Lipinski definition) is 4. The molecule has 0 aromatic carbocycles. The zero-order valence-electron chi connectivity index (χ0n) is 16.6. The maximum Gasteiger partial charge on any atom is 0.126 e. The summed E-state index contributed by atoms with van der Waals surface area (Å²) in [6.45, 7) is 1.01. The lowest BCUT2D eigenvalue weighted by molar-refractivity contribution is 0.373. The van der Waals surface area contributed by atoms with Crippen LogP contribution in [0.15, 0.2) is 30.6 Å². The minimum atomic E-state index is 0.528. The highest BCUT2D eigenvalue weighted by molar-refractivity contribution is 6.33. The minimum absolute atomic E-state index is 0.528. The summed E-state index contributed by atoms with van der Waals surface area (Å²) in [6.07, 6.45) is 16.8. The van der Waals surface area contributed by atoms with Crippen molar-refractivity contribution >= 4 is 23.2 Å². The molecule has 150 valence electrons.